The number of aliphatic hydroxyl groups is 5. The number of benzene rings is 2. The second-order valence-corrected chi connectivity index (χ2v) is 27.8. The second kappa shape index (κ2) is 27.6. The molecule has 1 amide bonds. The Morgan fingerprint density at radius 3 is 2.00 bits per heavy atom. The molecule has 3 aromatic rings. The van der Waals surface area contributed by atoms with Crippen molar-refractivity contribution in [2.24, 2.45) is 23.7 Å². The number of pyridine rings is 1. The van der Waals surface area contributed by atoms with Gasteiger partial charge in [0.1, 0.15) is 47.9 Å². The molecule has 15 nitrogen and oxygen atoms in total. The third kappa shape index (κ3) is 14.4. The number of aliphatic hydroxyl groups excluding tert-OH is 3. The molecule has 5 N–H and O–H groups in total. The number of hydrogen-bond donors (Lipinski definition) is 5. The molecule has 2 aromatic carbocycles. The smallest absolute Gasteiger partial charge is 0.309 e. The van der Waals surface area contributed by atoms with Gasteiger partial charge in [0.2, 0.25) is 5.91 Å². The zero-order chi connectivity index (χ0) is 57.3. The van der Waals surface area contributed by atoms with Crippen molar-refractivity contribution in [2.45, 2.75) is 217 Å². The molecule has 6 rings (SSSR count). The van der Waals surface area contributed by atoms with Crippen LogP contribution >= 0.6 is 7.26 Å². The lowest BCUT2D eigenvalue weighted by atomic mass is 9.68. The quantitative estimate of drug-likeness (QED) is 0.0537. The molecule has 1 aromatic heterocycles. The summed E-state index contributed by atoms with van der Waals surface area (Å²) in [6.07, 6.45) is -0.568. The summed E-state index contributed by atoms with van der Waals surface area (Å²) >= 11 is 0. The van der Waals surface area contributed by atoms with E-state index in [9.17, 15) is 35.1 Å². The summed E-state index contributed by atoms with van der Waals surface area (Å²) in [6.45, 7) is 17.8. The minimum absolute atomic E-state index is 0.0919. The first-order valence-electron chi connectivity index (χ1n) is 28.9. The van der Waals surface area contributed by atoms with Crippen LogP contribution in [-0.4, -0.2) is 170 Å². The van der Waals surface area contributed by atoms with Crippen molar-refractivity contribution in [3.8, 4) is 0 Å². The standard InChI is InChI=1S/C62H97N3O12P/c1-14-50-62(10,72)55(68)44(6)65(52(66)33-24-16-15-17-27-35-78(46-28-20-18-21-29-46,47-30-22-19-23-31-47)51-32-25-26-34-63-51)39-40(2)37-60(8,71)57(77-59-54(67)48(64(11)12)36-41(3)74-59)42(4)53(43(5)58(70)76-50)49-38-61(9,73-13)56(69)45(7)75-49/h18-23,25-26,28-32,34,40-45,48-50,53-57,59,67-69,71-72H,14-17,24,27,33,35-39H2,1-13H3/q+1/t40-,41-,42+,43-,44-,45+,48+,49?,50-,53+,54-,55-,56+,57-,59+,60-,61-,62-/m1/s1. The average molecular weight is 1110 g/mol. The predicted octanol–water partition coefficient (Wildman–Crippen LogP) is 6.80. The molecule has 3 saturated heterocycles. The molecule has 78 heavy (non-hydrogen) atoms. The van der Waals surface area contributed by atoms with E-state index in [0.29, 0.717) is 12.8 Å². The number of esters is 1. The molecule has 0 spiro atoms. The van der Waals surface area contributed by atoms with Gasteiger partial charge in [0.25, 0.3) is 0 Å². The minimum atomic E-state index is -2.08. The third-order valence-corrected chi connectivity index (χ3v) is 22.3. The van der Waals surface area contributed by atoms with Crippen LogP contribution in [0.1, 0.15) is 133 Å². The Hall–Kier alpha value is -3.44. The fourth-order valence-corrected chi connectivity index (χ4v) is 17.7. The summed E-state index contributed by atoms with van der Waals surface area (Å²) in [5.41, 5.74) is -3.65. The number of likely N-dealkylation sites (N-methyl/N-ethyl adjacent to an activating group) is 1. The molecule has 1 unspecified atom stereocenters. The van der Waals surface area contributed by atoms with Crippen LogP contribution in [0, 0.1) is 23.7 Å². The number of cyclic esters (lactones) is 1. The van der Waals surface area contributed by atoms with Gasteiger partial charge >= 0.3 is 5.97 Å². The van der Waals surface area contributed by atoms with Gasteiger partial charge in [-0.3, -0.25) is 9.59 Å². The highest BCUT2D eigenvalue weighted by Crippen LogP contribution is 2.55. The molecule has 0 saturated carbocycles. The Morgan fingerprint density at radius 1 is 0.821 bits per heavy atom. The van der Waals surface area contributed by atoms with E-state index in [1.165, 1.54) is 24.6 Å². The van der Waals surface area contributed by atoms with Crippen molar-refractivity contribution >= 4 is 35.2 Å². The number of methoxy groups -OCH3 is 1. The molecular formula is C62H97N3O12P+. The third-order valence-electron chi connectivity index (χ3n) is 17.9. The molecule has 18 atom stereocenters. The second-order valence-electron chi connectivity index (χ2n) is 24.3. The molecule has 4 heterocycles. The van der Waals surface area contributed by atoms with E-state index in [-0.39, 0.29) is 50.3 Å². The molecule has 3 aliphatic rings. The Bertz CT molecular complexity index is 2220. The van der Waals surface area contributed by atoms with E-state index in [0.717, 1.165) is 37.3 Å². The van der Waals surface area contributed by atoms with Crippen LogP contribution in [0.2, 0.25) is 0 Å². The highest BCUT2D eigenvalue weighted by molar-refractivity contribution is 7.95. The van der Waals surface area contributed by atoms with E-state index in [1.807, 2.05) is 52.0 Å². The van der Waals surface area contributed by atoms with Crippen LogP contribution in [0.25, 0.3) is 0 Å². The van der Waals surface area contributed by atoms with Crippen molar-refractivity contribution in [3.05, 3.63) is 85.1 Å². The van der Waals surface area contributed by atoms with E-state index < -0.39 is 109 Å². The van der Waals surface area contributed by atoms with Crippen LogP contribution in [0.4, 0.5) is 0 Å². The first-order valence-corrected chi connectivity index (χ1v) is 30.9. The van der Waals surface area contributed by atoms with Gasteiger partial charge in [0.05, 0.1) is 53.7 Å². The lowest BCUT2D eigenvalue weighted by Crippen LogP contribution is -2.61. The van der Waals surface area contributed by atoms with Crippen molar-refractivity contribution in [3.63, 3.8) is 0 Å². The molecular weight excluding hydrogens is 1010 g/mol. The molecule has 3 aliphatic heterocycles. The first kappa shape index (κ1) is 63.7. The number of carbonyl (C=O) groups excluding carboxylic acids is 2. The Morgan fingerprint density at radius 2 is 1.42 bits per heavy atom. The molecule has 3 fully saturated rings. The predicted molar refractivity (Wildman–Crippen MR) is 307 cm³/mol. The maximum Gasteiger partial charge on any atom is 0.309 e. The molecule has 0 bridgehead atoms. The average Bonchev–Trinajstić information content (AvgIpc) is 3.42. The summed E-state index contributed by atoms with van der Waals surface area (Å²) < 4.78 is 32.2. The Labute approximate surface area is 467 Å². The maximum atomic E-state index is 14.8. The van der Waals surface area contributed by atoms with Crippen molar-refractivity contribution in [1.82, 2.24) is 14.8 Å². The molecule has 16 heteroatoms. The molecule has 0 aliphatic carbocycles. The van der Waals surface area contributed by atoms with Gasteiger partial charge in [-0.05, 0) is 136 Å². The molecule has 436 valence electrons. The number of unbranched alkanes of at least 4 members (excludes halogenated alkanes) is 4. The summed E-state index contributed by atoms with van der Waals surface area (Å²) in [4.78, 5) is 38.1. The number of nitrogens with zero attached hydrogens (tertiary/aromatic N) is 3. The largest absolute Gasteiger partial charge is 0.459 e. The topological polar surface area (TPSA) is 201 Å². The lowest BCUT2D eigenvalue weighted by molar-refractivity contribution is -0.302. The van der Waals surface area contributed by atoms with Crippen LogP contribution in [0.3, 0.4) is 0 Å². The van der Waals surface area contributed by atoms with Gasteiger partial charge in [-0.15, -0.1) is 0 Å². The SMILES string of the molecule is CC[C@H]1OC(=O)[C@H](C)[C@@H](C2C[C@@](C)(OC)[C@@H](O)[C@H](C)O2)[C@H](C)[C@@H](O[C@@H]2O[C@H](C)C[C@H](N(C)C)[C@H]2O)[C@](C)(O)C[C@@H](C)CN(C(=O)CCCCCCC[P+](c2ccccc2)(c2ccccc2)c2ccccn2)[C@H](C)[C@@H](O)[C@]1(C)O. The fraction of sp³-hybridized carbons (Fsp3) is 0.694. The number of aromatic nitrogens is 1. The number of amides is 1. The lowest BCUT2D eigenvalue weighted by Gasteiger charge is -2.51. The van der Waals surface area contributed by atoms with Crippen LogP contribution in [-0.2, 0) is 33.3 Å². The number of ether oxygens (including phenoxy) is 5. The zero-order valence-corrected chi connectivity index (χ0v) is 50.0. The minimum Gasteiger partial charge on any atom is -0.459 e. The zero-order valence-electron chi connectivity index (χ0n) is 49.1. The van der Waals surface area contributed by atoms with Gasteiger partial charge in [0, 0.05) is 50.7 Å². The highest BCUT2D eigenvalue weighted by Gasteiger charge is 2.55. The summed E-state index contributed by atoms with van der Waals surface area (Å²) in [5.74, 6) is -3.71. The van der Waals surface area contributed by atoms with E-state index in [4.69, 9.17) is 28.7 Å². The van der Waals surface area contributed by atoms with Crippen molar-refractivity contribution in [1.29, 1.82) is 0 Å². The van der Waals surface area contributed by atoms with Crippen molar-refractivity contribution in [2.75, 3.05) is 33.9 Å². The van der Waals surface area contributed by atoms with Crippen molar-refractivity contribution < 1.29 is 58.8 Å². The van der Waals surface area contributed by atoms with E-state index >= 15 is 0 Å². The monoisotopic (exact) mass is 1110 g/mol. The molecule has 0 radical (unpaired) electrons. The van der Waals surface area contributed by atoms with Crippen LogP contribution in [0.5, 0.6) is 0 Å². The Balaban J connectivity index is 1.27. The van der Waals surface area contributed by atoms with Crippen LogP contribution < -0.4 is 16.0 Å². The van der Waals surface area contributed by atoms with Gasteiger partial charge in [-0.25, -0.2) is 4.98 Å². The maximum absolute atomic E-state index is 14.8. The Kier molecular flexibility index (Phi) is 22.5. The van der Waals surface area contributed by atoms with Gasteiger partial charge in [0.15, 0.2) is 11.7 Å². The number of carbonyl (C=O) groups is 2. The van der Waals surface area contributed by atoms with Crippen LogP contribution in [0.15, 0.2) is 85.1 Å². The first-order chi connectivity index (χ1) is 36.8. The summed E-state index contributed by atoms with van der Waals surface area (Å²) in [5, 5.41) is 63.6. The highest BCUT2D eigenvalue weighted by atomic mass is 31.2. The van der Waals surface area contributed by atoms with Gasteiger partial charge < -0.3 is 59.0 Å². The van der Waals surface area contributed by atoms with Gasteiger partial charge in [-0.2, -0.15) is 0 Å². The van der Waals surface area contributed by atoms with E-state index in [1.54, 1.807) is 46.4 Å². The number of rotatable bonds is 17. The van der Waals surface area contributed by atoms with E-state index in [2.05, 4.69) is 72.8 Å². The summed E-state index contributed by atoms with van der Waals surface area (Å²) in [6, 6.07) is 26.4. The van der Waals surface area contributed by atoms with Gasteiger partial charge in [-0.1, -0.05) is 83.0 Å². The number of hydrogen-bond acceptors (Lipinski definition) is 14. The normalized spacial score (nSPS) is 36.8. The fourth-order valence-electron chi connectivity index (χ4n) is 13.4. The summed E-state index contributed by atoms with van der Waals surface area (Å²) in [7, 11) is 3.23.